The smallest absolute Gasteiger partial charge is 0.187 e. The van der Waals surface area contributed by atoms with Gasteiger partial charge in [0.25, 0.3) is 0 Å². The standard InChI is InChI=1S/C10H9NO5S3/c11-5-1-7-8(9(2-5)18(13)14)3-6(17-12)4-10(7)19(15)16/h1-4,12H,11H2,(H,13,14)(H,15,16). The van der Waals surface area contributed by atoms with Gasteiger partial charge < -0.3 is 19.4 Å². The van der Waals surface area contributed by atoms with Crippen LogP contribution in [0.4, 0.5) is 5.69 Å². The zero-order valence-electron chi connectivity index (χ0n) is 9.27. The van der Waals surface area contributed by atoms with E-state index in [1.54, 1.807) is 0 Å². The van der Waals surface area contributed by atoms with Crippen molar-refractivity contribution in [2.45, 2.75) is 14.7 Å². The number of rotatable bonds is 3. The maximum Gasteiger partial charge on any atom is 0.187 e. The molecular formula is C10H9NO5S3. The minimum absolute atomic E-state index is 0.0213. The van der Waals surface area contributed by atoms with E-state index < -0.39 is 22.2 Å². The first-order chi connectivity index (χ1) is 8.93. The monoisotopic (exact) mass is 319 g/mol. The molecule has 9 heteroatoms. The molecule has 0 saturated carbocycles. The van der Waals surface area contributed by atoms with Crippen LogP contribution in [0.2, 0.25) is 0 Å². The van der Waals surface area contributed by atoms with Gasteiger partial charge in [-0.3, -0.25) is 0 Å². The molecule has 0 aliphatic heterocycles. The number of hydrogen-bond acceptors (Lipinski definition) is 5. The molecule has 0 bridgehead atoms. The van der Waals surface area contributed by atoms with E-state index in [2.05, 4.69) is 0 Å². The second kappa shape index (κ2) is 5.57. The third-order valence-electron chi connectivity index (χ3n) is 2.47. The minimum atomic E-state index is -2.31. The van der Waals surface area contributed by atoms with E-state index >= 15 is 0 Å². The molecule has 0 radical (unpaired) electrons. The summed E-state index contributed by atoms with van der Waals surface area (Å²) in [5.41, 5.74) is 5.83. The van der Waals surface area contributed by atoms with E-state index in [-0.39, 0.29) is 15.5 Å². The molecule has 0 heterocycles. The van der Waals surface area contributed by atoms with E-state index in [9.17, 15) is 17.5 Å². The van der Waals surface area contributed by atoms with Gasteiger partial charge in [-0.25, -0.2) is 8.42 Å². The first-order valence-corrected chi connectivity index (χ1v) is 7.83. The lowest BCUT2D eigenvalue weighted by molar-refractivity contribution is 0.563. The summed E-state index contributed by atoms with van der Waals surface area (Å²) in [7, 11) is 0. The van der Waals surface area contributed by atoms with Gasteiger partial charge >= 0.3 is 0 Å². The van der Waals surface area contributed by atoms with Gasteiger partial charge in [0.05, 0.1) is 9.79 Å². The topological polar surface area (TPSA) is 121 Å². The van der Waals surface area contributed by atoms with Crippen LogP contribution in [0.1, 0.15) is 0 Å². The SMILES string of the molecule is Nc1cc(S(=O)O)c2cc(SO)cc(S(=O)O)c2c1. The van der Waals surface area contributed by atoms with Crippen molar-refractivity contribution < 1.29 is 22.1 Å². The highest BCUT2D eigenvalue weighted by Gasteiger charge is 2.15. The lowest BCUT2D eigenvalue weighted by atomic mass is 10.1. The van der Waals surface area contributed by atoms with Crippen LogP contribution in [0.25, 0.3) is 10.8 Å². The van der Waals surface area contributed by atoms with Gasteiger partial charge in [0, 0.05) is 33.4 Å². The largest absolute Gasteiger partial charge is 0.399 e. The number of nitrogens with two attached hydrogens (primary N) is 1. The first-order valence-electron chi connectivity index (χ1n) is 4.84. The summed E-state index contributed by atoms with van der Waals surface area (Å²) in [5.74, 6) is 0. The molecular weight excluding hydrogens is 310 g/mol. The fourth-order valence-corrected chi connectivity index (χ4v) is 3.33. The van der Waals surface area contributed by atoms with Crippen molar-refractivity contribution in [1.29, 1.82) is 0 Å². The van der Waals surface area contributed by atoms with Crippen LogP contribution in [0.3, 0.4) is 0 Å². The third kappa shape index (κ3) is 2.81. The predicted molar refractivity (Wildman–Crippen MR) is 74.9 cm³/mol. The molecule has 0 saturated heterocycles. The summed E-state index contributed by atoms with van der Waals surface area (Å²) in [6.45, 7) is 0. The molecule has 2 unspecified atom stereocenters. The van der Waals surface area contributed by atoms with Gasteiger partial charge in [0.15, 0.2) is 22.2 Å². The lowest BCUT2D eigenvalue weighted by Gasteiger charge is -2.09. The van der Waals surface area contributed by atoms with Crippen molar-refractivity contribution in [2.75, 3.05) is 5.73 Å². The number of hydrogen-bond donors (Lipinski definition) is 4. The van der Waals surface area contributed by atoms with Crippen molar-refractivity contribution in [1.82, 2.24) is 0 Å². The van der Waals surface area contributed by atoms with E-state index in [0.717, 1.165) is 0 Å². The molecule has 0 spiro atoms. The molecule has 2 rings (SSSR count). The Morgan fingerprint density at radius 1 is 0.947 bits per heavy atom. The molecule has 19 heavy (non-hydrogen) atoms. The molecule has 0 aromatic heterocycles. The fraction of sp³-hybridized carbons (Fsp3) is 0. The van der Waals surface area contributed by atoms with Crippen LogP contribution in [0, 0.1) is 0 Å². The third-order valence-corrected chi connectivity index (χ3v) is 4.35. The van der Waals surface area contributed by atoms with Crippen LogP contribution < -0.4 is 5.73 Å². The van der Waals surface area contributed by atoms with E-state index in [0.29, 0.717) is 27.7 Å². The second-order valence-corrected chi connectivity index (χ2v) is 6.16. The molecule has 6 nitrogen and oxygen atoms in total. The van der Waals surface area contributed by atoms with Gasteiger partial charge in [-0.1, -0.05) is 0 Å². The Morgan fingerprint density at radius 2 is 1.47 bits per heavy atom. The number of benzene rings is 2. The Balaban J connectivity index is 2.96. The number of anilines is 1. The highest BCUT2D eigenvalue weighted by atomic mass is 32.2. The van der Waals surface area contributed by atoms with Gasteiger partial charge in [-0.05, 0) is 24.3 Å². The highest BCUT2D eigenvalue weighted by molar-refractivity contribution is 7.93. The van der Waals surface area contributed by atoms with Crippen molar-refractivity contribution >= 4 is 50.7 Å². The van der Waals surface area contributed by atoms with Crippen molar-refractivity contribution in [2.24, 2.45) is 0 Å². The normalized spacial score (nSPS) is 14.5. The van der Waals surface area contributed by atoms with Crippen LogP contribution in [-0.2, 0) is 22.2 Å². The summed E-state index contributed by atoms with van der Waals surface area (Å²) >= 11 is -4.22. The zero-order valence-corrected chi connectivity index (χ0v) is 11.7. The molecule has 2 aromatic carbocycles. The van der Waals surface area contributed by atoms with Crippen LogP contribution in [-0.4, -0.2) is 22.1 Å². The van der Waals surface area contributed by atoms with Gasteiger partial charge in [-0.15, -0.1) is 0 Å². The predicted octanol–water partition coefficient (Wildman–Crippen LogP) is 2.15. The Bertz CT molecular complexity index is 703. The van der Waals surface area contributed by atoms with Gasteiger partial charge in [0.1, 0.15) is 0 Å². The average molecular weight is 319 g/mol. The molecule has 0 fully saturated rings. The van der Waals surface area contributed by atoms with Gasteiger partial charge in [-0.2, -0.15) is 0 Å². The summed E-state index contributed by atoms with van der Waals surface area (Å²) in [6, 6.07) is 5.54. The molecule has 102 valence electrons. The maximum atomic E-state index is 11.3. The summed E-state index contributed by atoms with van der Waals surface area (Å²) < 4.78 is 50.2. The Morgan fingerprint density at radius 3 is 2.00 bits per heavy atom. The Hall–Kier alpha value is -0.970. The lowest BCUT2D eigenvalue weighted by Crippen LogP contribution is -1.98. The van der Waals surface area contributed by atoms with Crippen molar-refractivity contribution in [3.05, 3.63) is 24.3 Å². The van der Waals surface area contributed by atoms with Crippen LogP contribution in [0.15, 0.2) is 39.0 Å². The molecule has 2 aromatic rings. The Kier molecular flexibility index (Phi) is 4.23. The van der Waals surface area contributed by atoms with Crippen LogP contribution in [0.5, 0.6) is 0 Å². The van der Waals surface area contributed by atoms with E-state index in [1.165, 1.54) is 24.3 Å². The van der Waals surface area contributed by atoms with E-state index in [4.69, 9.17) is 10.3 Å². The highest BCUT2D eigenvalue weighted by Crippen LogP contribution is 2.33. The fourth-order valence-electron chi connectivity index (χ4n) is 1.73. The van der Waals surface area contributed by atoms with E-state index in [1.807, 2.05) is 0 Å². The quantitative estimate of drug-likeness (QED) is 0.388. The zero-order chi connectivity index (χ0) is 14.2. The van der Waals surface area contributed by atoms with Gasteiger partial charge in [0.2, 0.25) is 0 Å². The summed E-state index contributed by atoms with van der Waals surface area (Å²) in [6.07, 6.45) is 0. The maximum absolute atomic E-state index is 11.3. The molecule has 2 atom stereocenters. The number of nitrogen functional groups attached to an aromatic ring is 1. The number of fused-ring (bicyclic) bond motifs is 1. The molecule has 0 amide bonds. The molecule has 5 N–H and O–H groups in total. The molecule has 0 aliphatic carbocycles. The summed E-state index contributed by atoms with van der Waals surface area (Å²) in [5, 5.41) is 0.600. The minimum Gasteiger partial charge on any atom is -0.399 e. The molecule has 0 aliphatic rings. The summed E-state index contributed by atoms with van der Waals surface area (Å²) in [4.78, 5) is 0.340. The van der Waals surface area contributed by atoms with Crippen molar-refractivity contribution in [3.63, 3.8) is 0 Å². The Labute approximate surface area is 117 Å². The van der Waals surface area contributed by atoms with Crippen LogP contribution >= 0.6 is 12.0 Å². The van der Waals surface area contributed by atoms with Crippen molar-refractivity contribution in [3.8, 4) is 0 Å². The average Bonchev–Trinajstić information content (AvgIpc) is 2.36. The second-order valence-electron chi connectivity index (χ2n) is 3.63. The first kappa shape index (κ1) is 14.4.